The van der Waals surface area contributed by atoms with Gasteiger partial charge in [0.1, 0.15) is 0 Å². The largest absolute Gasteiger partial charge is 0.330 e. The third-order valence-electron chi connectivity index (χ3n) is 8.36. The molecule has 1 unspecified atom stereocenters. The molecule has 5 aliphatic rings. The van der Waals surface area contributed by atoms with Gasteiger partial charge in [0.25, 0.3) is 0 Å². The smallest absolute Gasteiger partial charge is 0.231 e. The molecule has 0 aromatic heterocycles. The summed E-state index contributed by atoms with van der Waals surface area (Å²) in [6.45, 7) is 4.32. The third kappa shape index (κ3) is 2.10. The van der Waals surface area contributed by atoms with Crippen molar-refractivity contribution in [3.63, 3.8) is 0 Å². The quantitative estimate of drug-likeness (QED) is 0.642. The van der Waals surface area contributed by atoms with Crippen molar-refractivity contribution in [1.29, 1.82) is 0 Å². The molecule has 0 spiro atoms. The Bertz CT molecular complexity index is 896. The average molecular weight is 360 g/mol. The molecule has 4 saturated carbocycles. The second-order valence-electron chi connectivity index (χ2n) is 10.3. The molecule has 2 aromatic rings. The zero-order chi connectivity index (χ0) is 18.3. The van der Waals surface area contributed by atoms with E-state index < -0.39 is 0 Å². The van der Waals surface area contributed by atoms with E-state index in [0.717, 1.165) is 23.7 Å². The molecule has 4 bridgehead atoms. The molecular weight excluding hydrogens is 330 g/mol. The van der Waals surface area contributed by atoms with E-state index >= 15 is 0 Å². The van der Waals surface area contributed by atoms with Crippen molar-refractivity contribution in [2.24, 2.45) is 29.1 Å². The zero-order valence-corrected chi connectivity index (χ0v) is 16.4. The molecular formula is C25H29NO. The first-order chi connectivity index (χ1) is 13.0. The normalized spacial score (nSPS) is 39.0. The number of hydrogen-bond donors (Lipinski definition) is 0. The Kier molecular flexibility index (Phi) is 3.21. The van der Waals surface area contributed by atoms with Gasteiger partial charge in [0.15, 0.2) is 0 Å². The average Bonchev–Trinajstić information content (AvgIpc) is 2.66. The summed E-state index contributed by atoms with van der Waals surface area (Å²) in [7, 11) is 0. The minimum atomic E-state index is -0.293. The summed E-state index contributed by atoms with van der Waals surface area (Å²) < 4.78 is 0. The van der Waals surface area contributed by atoms with Crippen molar-refractivity contribution in [2.45, 2.75) is 58.0 Å². The minimum absolute atomic E-state index is 0.221. The van der Waals surface area contributed by atoms with E-state index in [1.165, 1.54) is 48.4 Å². The van der Waals surface area contributed by atoms with Gasteiger partial charge in [-0.25, -0.2) is 0 Å². The molecule has 5 fully saturated rings. The number of carbonyl (C=O) groups excluding carboxylic acids is 1. The van der Waals surface area contributed by atoms with Crippen molar-refractivity contribution < 1.29 is 4.79 Å². The lowest BCUT2D eigenvalue weighted by Crippen LogP contribution is -2.69. The molecule has 7 rings (SSSR count). The Hall–Kier alpha value is -1.83. The van der Waals surface area contributed by atoms with E-state index in [0.29, 0.717) is 11.9 Å². The van der Waals surface area contributed by atoms with Crippen LogP contribution in [-0.4, -0.2) is 16.8 Å². The Labute approximate surface area is 161 Å². The number of fused-ring (bicyclic) bond motifs is 1. The number of likely N-dealkylation sites (tertiary alicyclic amines) is 1. The maximum atomic E-state index is 13.4. The highest BCUT2D eigenvalue weighted by Crippen LogP contribution is 2.61. The molecule has 4 aliphatic carbocycles. The number of amides is 1. The Balaban J connectivity index is 1.44. The van der Waals surface area contributed by atoms with E-state index in [1.54, 1.807) is 0 Å². The first-order valence-electron chi connectivity index (χ1n) is 10.8. The predicted molar refractivity (Wildman–Crippen MR) is 108 cm³/mol. The second kappa shape index (κ2) is 5.37. The maximum absolute atomic E-state index is 13.4. The molecule has 27 heavy (non-hydrogen) atoms. The lowest BCUT2D eigenvalue weighted by atomic mass is 9.52. The molecule has 2 heteroatoms. The summed E-state index contributed by atoms with van der Waals surface area (Å²) in [5.74, 6) is 3.78. The zero-order valence-electron chi connectivity index (χ0n) is 16.4. The van der Waals surface area contributed by atoms with Gasteiger partial charge in [-0.15, -0.1) is 0 Å². The summed E-state index contributed by atoms with van der Waals surface area (Å²) >= 11 is 0. The fraction of sp³-hybridized carbons (Fsp3) is 0.560. The van der Waals surface area contributed by atoms with Crippen LogP contribution >= 0.6 is 0 Å². The van der Waals surface area contributed by atoms with Gasteiger partial charge < -0.3 is 4.90 Å². The van der Waals surface area contributed by atoms with Crippen LogP contribution in [0.2, 0.25) is 0 Å². The molecule has 1 amide bonds. The lowest BCUT2D eigenvalue weighted by molar-refractivity contribution is -0.191. The Morgan fingerprint density at radius 1 is 0.852 bits per heavy atom. The SMILES string of the molecule is CC1(C)C(=O)N(C2C3CC4CC(C3)CC2C4)C1c1cccc2ccccc12. The highest BCUT2D eigenvalue weighted by molar-refractivity contribution is 5.94. The van der Waals surface area contributed by atoms with E-state index in [4.69, 9.17) is 0 Å². The number of hydrogen-bond acceptors (Lipinski definition) is 1. The number of carbonyl (C=O) groups is 1. The molecule has 0 radical (unpaired) electrons. The van der Waals surface area contributed by atoms with E-state index in [9.17, 15) is 4.79 Å². The fourth-order valence-corrected chi connectivity index (χ4v) is 7.53. The summed E-state index contributed by atoms with van der Waals surface area (Å²) in [6.07, 6.45) is 6.93. The van der Waals surface area contributed by atoms with Gasteiger partial charge in [0.2, 0.25) is 5.91 Å². The van der Waals surface area contributed by atoms with Crippen LogP contribution in [0.1, 0.15) is 57.6 Å². The van der Waals surface area contributed by atoms with Crippen LogP contribution in [0.5, 0.6) is 0 Å². The van der Waals surface area contributed by atoms with Crippen LogP contribution in [0.15, 0.2) is 42.5 Å². The van der Waals surface area contributed by atoms with Crippen molar-refractivity contribution in [1.82, 2.24) is 4.90 Å². The monoisotopic (exact) mass is 359 g/mol. The molecule has 1 saturated heterocycles. The third-order valence-corrected chi connectivity index (χ3v) is 8.36. The molecule has 2 nitrogen and oxygen atoms in total. The first-order valence-corrected chi connectivity index (χ1v) is 10.8. The number of β-lactam (4-membered cyclic amide) rings is 1. The first kappa shape index (κ1) is 16.2. The van der Waals surface area contributed by atoms with E-state index in [-0.39, 0.29) is 11.5 Å². The molecule has 0 N–H and O–H groups in total. The van der Waals surface area contributed by atoms with Crippen molar-refractivity contribution in [3.8, 4) is 0 Å². The van der Waals surface area contributed by atoms with Crippen LogP contribution in [0.4, 0.5) is 0 Å². The van der Waals surface area contributed by atoms with Gasteiger partial charge in [0, 0.05) is 6.04 Å². The van der Waals surface area contributed by atoms with Crippen LogP contribution < -0.4 is 0 Å². The van der Waals surface area contributed by atoms with Crippen LogP contribution in [0.3, 0.4) is 0 Å². The van der Waals surface area contributed by atoms with Crippen molar-refractivity contribution >= 4 is 16.7 Å². The summed E-state index contributed by atoms with van der Waals surface area (Å²) in [5, 5.41) is 2.61. The Morgan fingerprint density at radius 3 is 2.19 bits per heavy atom. The summed E-state index contributed by atoms with van der Waals surface area (Å²) in [5.41, 5.74) is 1.06. The van der Waals surface area contributed by atoms with Crippen molar-refractivity contribution in [2.75, 3.05) is 0 Å². The Morgan fingerprint density at radius 2 is 1.48 bits per heavy atom. The van der Waals surface area contributed by atoms with Gasteiger partial charge in [-0.2, -0.15) is 0 Å². The van der Waals surface area contributed by atoms with Gasteiger partial charge in [-0.1, -0.05) is 42.5 Å². The molecule has 1 atom stereocenters. The van der Waals surface area contributed by atoms with Gasteiger partial charge >= 0.3 is 0 Å². The number of rotatable bonds is 2. The molecule has 140 valence electrons. The van der Waals surface area contributed by atoms with Crippen molar-refractivity contribution in [3.05, 3.63) is 48.0 Å². The highest BCUT2D eigenvalue weighted by atomic mass is 16.2. The number of nitrogens with zero attached hydrogens (tertiary/aromatic N) is 1. The van der Waals surface area contributed by atoms with E-state index in [1.807, 2.05) is 0 Å². The van der Waals surface area contributed by atoms with Crippen LogP contribution in [0, 0.1) is 29.1 Å². The lowest BCUT2D eigenvalue weighted by Gasteiger charge is -2.64. The van der Waals surface area contributed by atoms with Crippen LogP contribution in [-0.2, 0) is 4.79 Å². The number of benzene rings is 2. The molecule has 1 heterocycles. The minimum Gasteiger partial charge on any atom is -0.330 e. The standard InChI is InChI=1S/C25H29NO/c1-25(2)23(21-9-5-7-17-6-3-4-8-20(17)21)26(24(25)27)22-18-11-15-10-16(13-18)14-19(22)12-15/h3-9,15-16,18-19,22-23H,10-14H2,1-2H3. The fourth-order valence-electron chi connectivity index (χ4n) is 7.53. The molecule has 2 aromatic carbocycles. The van der Waals surface area contributed by atoms with Gasteiger partial charge in [-0.3, -0.25) is 4.79 Å². The van der Waals surface area contributed by atoms with Crippen LogP contribution in [0.25, 0.3) is 10.8 Å². The topological polar surface area (TPSA) is 20.3 Å². The van der Waals surface area contributed by atoms with Gasteiger partial charge in [0.05, 0.1) is 11.5 Å². The summed E-state index contributed by atoms with van der Waals surface area (Å²) in [4.78, 5) is 15.7. The molecule has 1 aliphatic heterocycles. The predicted octanol–water partition coefficient (Wildman–Crippen LogP) is 5.57. The van der Waals surface area contributed by atoms with E-state index in [2.05, 4.69) is 61.2 Å². The second-order valence-corrected chi connectivity index (χ2v) is 10.3. The summed E-state index contributed by atoms with van der Waals surface area (Å²) in [6, 6.07) is 16.0. The maximum Gasteiger partial charge on any atom is 0.231 e. The van der Waals surface area contributed by atoms with Gasteiger partial charge in [-0.05, 0) is 86.0 Å². The highest BCUT2D eigenvalue weighted by Gasteiger charge is 2.62.